The van der Waals surface area contributed by atoms with Crippen molar-refractivity contribution in [2.45, 2.75) is 57.1 Å². The molecule has 2 aromatic rings. The number of benzene rings is 1. The highest BCUT2D eigenvalue weighted by Crippen LogP contribution is 2.36. The number of anilines is 1. The number of carbonyl (C=O) groups is 2. The summed E-state index contributed by atoms with van der Waals surface area (Å²) in [4.78, 5) is 25.2. The van der Waals surface area contributed by atoms with Crippen LogP contribution in [0.4, 0.5) is 5.82 Å². The molecule has 2 heterocycles. The molecule has 1 aromatic carbocycles. The molecule has 28 heavy (non-hydrogen) atoms. The summed E-state index contributed by atoms with van der Waals surface area (Å²) in [5.74, 6) is 1.46. The fourth-order valence-corrected chi connectivity index (χ4v) is 5.08. The highest BCUT2D eigenvalue weighted by molar-refractivity contribution is 7.98. The van der Waals surface area contributed by atoms with E-state index in [-0.39, 0.29) is 6.04 Å². The molecule has 6 nitrogen and oxygen atoms in total. The van der Waals surface area contributed by atoms with Gasteiger partial charge in [0.15, 0.2) is 0 Å². The summed E-state index contributed by atoms with van der Waals surface area (Å²) in [5.41, 5.74) is 3.97. The molecule has 2 atom stereocenters. The van der Waals surface area contributed by atoms with Gasteiger partial charge in [-0.2, -0.15) is 16.9 Å². The molecule has 0 bridgehead atoms. The van der Waals surface area contributed by atoms with Crippen molar-refractivity contribution >= 4 is 29.4 Å². The first-order valence-corrected chi connectivity index (χ1v) is 11.1. The Balaban J connectivity index is 1.56. The van der Waals surface area contributed by atoms with E-state index in [1.54, 1.807) is 16.4 Å². The summed E-state index contributed by atoms with van der Waals surface area (Å²) in [6.45, 7) is 4.15. The van der Waals surface area contributed by atoms with Crippen molar-refractivity contribution in [3.8, 4) is 5.69 Å². The van der Waals surface area contributed by atoms with Gasteiger partial charge in [0, 0.05) is 23.1 Å². The maximum absolute atomic E-state index is 12.7. The second kappa shape index (κ2) is 7.99. The van der Waals surface area contributed by atoms with Gasteiger partial charge in [0.1, 0.15) is 5.82 Å². The molecule has 4 rings (SSSR count). The van der Waals surface area contributed by atoms with Crippen LogP contribution in [0.5, 0.6) is 0 Å². The van der Waals surface area contributed by atoms with Crippen LogP contribution in [0.25, 0.3) is 5.69 Å². The second-order valence-corrected chi connectivity index (χ2v) is 8.75. The van der Waals surface area contributed by atoms with Gasteiger partial charge in [0.05, 0.1) is 11.4 Å². The average molecular weight is 399 g/mol. The summed E-state index contributed by atoms with van der Waals surface area (Å²) >= 11 is 1.77. The number of rotatable bonds is 3. The Morgan fingerprint density at radius 1 is 1.14 bits per heavy atom. The predicted octanol–water partition coefficient (Wildman–Crippen LogP) is 3.56. The average Bonchev–Trinajstić information content (AvgIpc) is 3.26. The summed E-state index contributed by atoms with van der Waals surface area (Å²) < 4.78 is 1.77. The van der Waals surface area contributed by atoms with Crippen LogP contribution < -0.4 is 10.6 Å². The number of aryl methyl sites for hydroxylation is 1. The fourth-order valence-electron chi connectivity index (χ4n) is 4.05. The van der Waals surface area contributed by atoms with Gasteiger partial charge in [-0.15, -0.1) is 0 Å². The highest BCUT2D eigenvalue weighted by atomic mass is 32.2. The fraction of sp³-hybridized carbons (Fsp3) is 0.476. The van der Waals surface area contributed by atoms with Gasteiger partial charge in [-0.25, -0.2) is 4.68 Å². The van der Waals surface area contributed by atoms with E-state index in [4.69, 9.17) is 5.10 Å². The molecule has 0 radical (unpaired) electrons. The van der Waals surface area contributed by atoms with Crippen molar-refractivity contribution in [1.29, 1.82) is 0 Å². The summed E-state index contributed by atoms with van der Waals surface area (Å²) in [6.07, 6.45) is 4.32. The van der Waals surface area contributed by atoms with E-state index < -0.39 is 11.8 Å². The summed E-state index contributed by atoms with van der Waals surface area (Å²) in [7, 11) is 0. The van der Waals surface area contributed by atoms with Gasteiger partial charge in [0.2, 0.25) is 0 Å². The Labute approximate surface area is 169 Å². The van der Waals surface area contributed by atoms with Gasteiger partial charge in [-0.3, -0.25) is 9.59 Å². The number of hydrogen-bond acceptors (Lipinski definition) is 4. The zero-order valence-corrected chi connectivity index (χ0v) is 17.1. The number of nitrogens with zero attached hydrogens (tertiary/aromatic N) is 2. The largest absolute Gasteiger partial charge is 0.345 e. The minimum Gasteiger partial charge on any atom is -0.345 e. The number of hydrogen-bond donors (Lipinski definition) is 2. The second-order valence-electron chi connectivity index (χ2n) is 7.76. The summed E-state index contributed by atoms with van der Waals surface area (Å²) in [5, 5.41) is 10.5. The number of nitrogens with one attached hydrogen (secondary N) is 2. The number of amides is 2. The first kappa shape index (κ1) is 19.1. The van der Waals surface area contributed by atoms with E-state index in [0.717, 1.165) is 53.3 Å². The third-order valence-electron chi connectivity index (χ3n) is 5.76. The number of fused-ring (bicyclic) bond motifs is 1. The van der Waals surface area contributed by atoms with Crippen LogP contribution in [0.15, 0.2) is 24.3 Å². The van der Waals surface area contributed by atoms with E-state index in [1.165, 1.54) is 6.42 Å². The summed E-state index contributed by atoms with van der Waals surface area (Å²) in [6, 6.07) is 7.99. The van der Waals surface area contributed by atoms with Crippen LogP contribution in [0.2, 0.25) is 0 Å². The van der Waals surface area contributed by atoms with Gasteiger partial charge < -0.3 is 10.6 Å². The SMILES string of the molecule is Cc1ccccc1-n1nc2c(c1NC(=O)C(=O)N[C@@H]1CCCC[C@@H]1C)CSC2. The molecule has 1 aliphatic carbocycles. The molecule has 7 heteroatoms. The molecule has 2 amide bonds. The molecule has 1 aliphatic heterocycles. The minimum atomic E-state index is -0.618. The Hall–Kier alpha value is -2.28. The van der Waals surface area contributed by atoms with Gasteiger partial charge in [0.25, 0.3) is 0 Å². The van der Waals surface area contributed by atoms with Crippen LogP contribution in [0.3, 0.4) is 0 Å². The third kappa shape index (κ3) is 3.68. The van der Waals surface area contributed by atoms with Crippen molar-refractivity contribution < 1.29 is 9.59 Å². The normalized spacial score (nSPS) is 21.2. The van der Waals surface area contributed by atoms with Crippen LogP contribution >= 0.6 is 11.8 Å². The zero-order valence-electron chi connectivity index (χ0n) is 16.3. The zero-order chi connectivity index (χ0) is 19.7. The molecule has 2 aliphatic rings. The van der Waals surface area contributed by atoms with E-state index >= 15 is 0 Å². The standard InChI is InChI=1S/C21H26N4O2S/c1-13-7-3-5-9-16(13)22-20(26)21(27)23-19-15-11-28-12-17(15)24-25(19)18-10-6-4-8-14(18)2/h4,6,8,10,13,16H,3,5,7,9,11-12H2,1-2H3,(H,22,26)(H,23,27)/t13-,16+/m0/s1. The van der Waals surface area contributed by atoms with Gasteiger partial charge in [-0.05, 0) is 37.3 Å². The minimum absolute atomic E-state index is 0.0783. The molecular formula is C21H26N4O2S. The molecule has 148 valence electrons. The Morgan fingerprint density at radius 2 is 1.93 bits per heavy atom. The lowest BCUT2D eigenvalue weighted by Gasteiger charge is -2.29. The molecular weight excluding hydrogens is 372 g/mol. The number of aromatic nitrogens is 2. The van der Waals surface area contributed by atoms with E-state index in [2.05, 4.69) is 17.6 Å². The van der Waals surface area contributed by atoms with Crippen LogP contribution in [0.1, 0.15) is 49.4 Å². The third-order valence-corrected chi connectivity index (χ3v) is 6.73. The van der Waals surface area contributed by atoms with Crippen molar-refractivity contribution in [3.05, 3.63) is 41.1 Å². The highest BCUT2D eigenvalue weighted by Gasteiger charge is 2.29. The Bertz CT molecular complexity index is 908. The van der Waals surface area contributed by atoms with Crippen LogP contribution in [-0.2, 0) is 21.1 Å². The van der Waals surface area contributed by atoms with E-state index in [9.17, 15) is 9.59 Å². The molecule has 2 N–H and O–H groups in total. The van der Waals surface area contributed by atoms with E-state index in [1.807, 2.05) is 31.2 Å². The maximum atomic E-state index is 12.7. The van der Waals surface area contributed by atoms with Crippen molar-refractivity contribution in [2.24, 2.45) is 5.92 Å². The smallest absolute Gasteiger partial charge is 0.314 e. The Kier molecular flexibility index (Phi) is 5.44. The number of thioether (sulfide) groups is 1. The molecule has 0 unspecified atom stereocenters. The maximum Gasteiger partial charge on any atom is 0.314 e. The van der Waals surface area contributed by atoms with E-state index in [0.29, 0.717) is 11.7 Å². The quantitative estimate of drug-likeness (QED) is 0.775. The molecule has 1 fully saturated rings. The predicted molar refractivity (Wildman–Crippen MR) is 111 cm³/mol. The first-order chi connectivity index (χ1) is 13.5. The molecule has 1 aromatic heterocycles. The van der Waals surface area contributed by atoms with Gasteiger partial charge in [-0.1, -0.05) is 38.0 Å². The monoisotopic (exact) mass is 398 g/mol. The lowest BCUT2D eigenvalue weighted by atomic mass is 9.86. The lowest BCUT2D eigenvalue weighted by Crippen LogP contribution is -2.46. The van der Waals surface area contributed by atoms with Crippen LogP contribution in [-0.4, -0.2) is 27.6 Å². The number of carbonyl (C=O) groups excluding carboxylic acids is 2. The topological polar surface area (TPSA) is 76.0 Å². The first-order valence-electron chi connectivity index (χ1n) is 9.91. The van der Waals surface area contributed by atoms with Crippen molar-refractivity contribution in [3.63, 3.8) is 0 Å². The molecule has 0 spiro atoms. The lowest BCUT2D eigenvalue weighted by molar-refractivity contribution is -0.137. The Morgan fingerprint density at radius 3 is 2.71 bits per heavy atom. The number of para-hydroxylation sites is 1. The van der Waals surface area contributed by atoms with Crippen molar-refractivity contribution in [1.82, 2.24) is 15.1 Å². The van der Waals surface area contributed by atoms with Gasteiger partial charge >= 0.3 is 11.8 Å². The molecule has 0 saturated heterocycles. The van der Waals surface area contributed by atoms with Crippen LogP contribution in [0, 0.1) is 12.8 Å². The van der Waals surface area contributed by atoms with Crippen molar-refractivity contribution in [2.75, 3.05) is 5.32 Å². The molecule has 1 saturated carbocycles.